The van der Waals surface area contributed by atoms with Crippen LogP contribution in [0, 0.1) is 0 Å². The van der Waals surface area contributed by atoms with Crippen molar-refractivity contribution < 1.29 is 45.4 Å². The zero-order chi connectivity index (χ0) is 48.6. The average Bonchev–Trinajstić information content (AvgIpc) is 3.85. The minimum atomic E-state index is -4.79. The molecule has 0 amide bonds. The highest BCUT2D eigenvalue weighted by atomic mass is 35.5. The van der Waals surface area contributed by atoms with Gasteiger partial charge in [0.05, 0.1) is 35.3 Å². The number of benzene rings is 4. The third kappa shape index (κ3) is 14.8. The first-order valence-corrected chi connectivity index (χ1v) is 21.3. The van der Waals surface area contributed by atoms with E-state index in [1.54, 1.807) is 53.9 Å². The van der Waals surface area contributed by atoms with Crippen molar-refractivity contribution in [1.29, 1.82) is 0 Å². The molecule has 2 unspecified atom stereocenters. The van der Waals surface area contributed by atoms with E-state index in [1.165, 1.54) is 97.1 Å². The molecule has 2 aromatic heterocycles. The number of rotatable bonds is 9. The summed E-state index contributed by atoms with van der Waals surface area (Å²) < 4.78 is 97.3. The largest absolute Gasteiger partial charge is 0.460 e. The van der Waals surface area contributed by atoms with E-state index in [0.29, 0.717) is 26.2 Å². The third-order valence-electron chi connectivity index (χ3n) is 8.92. The third-order valence-corrected chi connectivity index (χ3v) is 10.5. The maximum absolute atomic E-state index is 14.8. The highest BCUT2D eigenvalue weighted by Crippen LogP contribution is 2.50. The normalized spacial score (nSPS) is 13.6. The summed E-state index contributed by atoms with van der Waals surface area (Å²) in [7, 11) is 0. The van der Waals surface area contributed by atoms with Crippen molar-refractivity contribution in [3.8, 4) is 0 Å². The molecule has 0 saturated heterocycles. The summed E-state index contributed by atoms with van der Waals surface area (Å²) >= 11 is 29.1. The lowest BCUT2D eigenvalue weighted by atomic mass is 9.81. The SMILES string of the molecule is CC(C)(C)OC(=O)Cc1ccc(C(Cl)(c2ccc(Cl)cc2)C(F)(F)F)cc1.CC(C)(C)OC(=O)Cc1ccc(C(c2ccc(Cl)cc2)(n2cc(Cl)cn2)C(F)(F)F)cc1.Cl.Clc1cn[nH]c1. The van der Waals surface area contributed by atoms with Crippen LogP contribution in [0.5, 0.6) is 0 Å². The highest BCUT2D eigenvalue weighted by molar-refractivity contribution is 6.31. The van der Waals surface area contributed by atoms with Crippen molar-refractivity contribution in [1.82, 2.24) is 20.0 Å². The molecular weight excluding hydrogens is 999 g/mol. The van der Waals surface area contributed by atoms with Crippen molar-refractivity contribution in [2.45, 2.75) is 88.4 Å². The number of aromatic amines is 1. The molecule has 20 heteroatoms. The van der Waals surface area contributed by atoms with E-state index in [2.05, 4.69) is 15.3 Å². The zero-order valence-electron chi connectivity index (χ0n) is 36.0. The van der Waals surface area contributed by atoms with Crippen LogP contribution >= 0.6 is 70.4 Å². The lowest BCUT2D eigenvalue weighted by molar-refractivity contribution is -0.189. The number of carbonyl (C=O) groups excluding carboxylic acids is 2. The molecule has 4 aromatic carbocycles. The molecular formula is C46H44Cl6F6N4O4. The number of ether oxygens (including phenoxy) is 2. The number of nitrogens with one attached hydrogen (secondary N) is 1. The predicted molar refractivity (Wildman–Crippen MR) is 248 cm³/mol. The van der Waals surface area contributed by atoms with Crippen LogP contribution in [0.1, 0.15) is 74.9 Å². The average molecular weight is 1040 g/mol. The summed E-state index contributed by atoms with van der Waals surface area (Å²) in [4.78, 5) is 21.3. The first-order valence-electron chi connectivity index (χ1n) is 19.4. The maximum atomic E-state index is 14.8. The van der Waals surface area contributed by atoms with Crippen molar-refractivity contribution >= 4 is 82.4 Å². The molecule has 0 saturated carbocycles. The van der Waals surface area contributed by atoms with E-state index in [0.717, 1.165) is 17.1 Å². The molecule has 0 fully saturated rings. The number of halogens is 12. The van der Waals surface area contributed by atoms with Crippen molar-refractivity contribution in [3.63, 3.8) is 0 Å². The van der Waals surface area contributed by atoms with Gasteiger partial charge in [-0.15, -0.1) is 12.4 Å². The van der Waals surface area contributed by atoms with Gasteiger partial charge in [0.15, 0.2) is 4.87 Å². The quantitative estimate of drug-likeness (QED) is 0.0880. The van der Waals surface area contributed by atoms with E-state index in [1.807, 2.05) is 0 Å². The molecule has 2 atom stereocenters. The van der Waals surface area contributed by atoms with E-state index < -0.39 is 45.9 Å². The lowest BCUT2D eigenvalue weighted by Gasteiger charge is -2.37. The summed E-state index contributed by atoms with van der Waals surface area (Å²) in [5, 5.41) is 11.3. The number of aromatic nitrogens is 4. The van der Waals surface area contributed by atoms with E-state index in [4.69, 9.17) is 67.5 Å². The molecule has 356 valence electrons. The fraction of sp³-hybridized carbons (Fsp3) is 0.304. The second kappa shape index (κ2) is 22.6. The molecule has 0 bridgehead atoms. The Kier molecular flexibility index (Phi) is 19.1. The Bertz CT molecular complexity index is 2470. The van der Waals surface area contributed by atoms with Crippen LogP contribution in [0.25, 0.3) is 0 Å². The van der Waals surface area contributed by atoms with Gasteiger partial charge in [-0.3, -0.25) is 14.7 Å². The highest BCUT2D eigenvalue weighted by Gasteiger charge is 2.60. The summed E-state index contributed by atoms with van der Waals surface area (Å²) in [6, 6.07) is 21.6. The van der Waals surface area contributed by atoms with Crippen LogP contribution in [-0.4, -0.2) is 55.5 Å². The van der Waals surface area contributed by atoms with Gasteiger partial charge in [0.25, 0.3) is 0 Å². The smallest absolute Gasteiger partial charge is 0.422 e. The Labute approximate surface area is 409 Å². The fourth-order valence-electron chi connectivity index (χ4n) is 6.28. The summed E-state index contributed by atoms with van der Waals surface area (Å²) in [5.41, 5.74) is -3.36. The number of esters is 2. The van der Waals surface area contributed by atoms with Crippen molar-refractivity contribution in [2.24, 2.45) is 0 Å². The fourth-order valence-corrected chi connectivity index (χ4v) is 7.01. The van der Waals surface area contributed by atoms with Crippen LogP contribution in [0.3, 0.4) is 0 Å². The van der Waals surface area contributed by atoms with Gasteiger partial charge in [0.2, 0.25) is 5.54 Å². The summed E-state index contributed by atoms with van der Waals surface area (Å²) in [5.74, 6) is -0.926. The van der Waals surface area contributed by atoms with Gasteiger partial charge < -0.3 is 9.47 Å². The number of carbonyl (C=O) groups is 2. The standard InChI is InChI=1S/C23H21Cl2F3N2O2.C20H19Cl2F3O2.C3H3ClN2.ClH/c1-21(2,3)32-20(31)12-15-4-6-16(7-5-15)22(23(26,27)28,30-14-19(25)13-29-30)17-8-10-18(24)11-9-17;1-18(2,3)27-17(26)12-13-4-6-14(7-5-13)19(22,20(23,24)25)15-8-10-16(21)11-9-15;4-3-1-5-6-2-3;/h4-11,13-14H,12H2,1-3H3;4-11H,12H2,1-3H3;1-2H,(H,5,6);1H. The number of nitrogens with zero attached hydrogens (tertiary/aromatic N) is 3. The second-order valence-corrected chi connectivity index (χ2v) is 18.6. The van der Waals surface area contributed by atoms with Crippen molar-refractivity contribution in [2.75, 3.05) is 0 Å². The number of hydrogen-bond acceptors (Lipinski definition) is 6. The molecule has 6 rings (SSSR count). The Morgan fingerprint density at radius 3 is 1.23 bits per heavy atom. The molecule has 2 heterocycles. The predicted octanol–water partition coefficient (Wildman–Crippen LogP) is 14.2. The van der Waals surface area contributed by atoms with Crippen molar-refractivity contribution in [3.05, 3.63) is 175 Å². The zero-order valence-corrected chi connectivity index (χ0v) is 40.6. The Balaban J connectivity index is 0.000000309. The monoisotopic (exact) mass is 1040 g/mol. The van der Waals surface area contributed by atoms with Gasteiger partial charge >= 0.3 is 24.3 Å². The number of H-pyrrole nitrogens is 1. The molecule has 0 spiro atoms. The Morgan fingerprint density at radius 2 is 0.939 bits per heavy atom. The van der Waals surface area contributed by atoms with Gasteiger partial charge in [0.1, 0.15) is 11.2 Å². The van der Waals surface area contributed by atoms with Gasteiger partial charge in [-0.1, -0.05) is 131 Å². The maximum Gasteiger partial charge on any atom is 0.422 e. The Hall–Kier alpha value is -4.44. The van der Waals surface area contributed by atoms with Gasteiger partial charge in [-0.05, 0) is 99.2 Å². The molecule has 0 aliphatic carbocycles. The van der Waals surface area contributed by atoms with Crippen LogP contribution < -0.4 is 0 Å². The first kappa shape index (κ1) is 55.9. The minimum Gasteiger partial charge on any atom is -0.460 e. The van der Waals surface area contributed by atoms with Crippen LogP contribution in [0.15, 0.2) is 122 Å². The number of hydrogen-bond donors (Lipinski definition) is 1. The summed E-state index contributed by atoms with van der Waals surface area (Å²) in [6.07, 6.45) is -4.21. The first-order chi connectivity index (χ1) is 30.0. The molecule has 0 radical (unpaired) electrons. The minimum absolute atomic E-state index is 0. The van der Waals surface area contributed by atoms with Gasteiger partial charge in [-0.2, -0.15) is 36.5 Å². The molecule has 6 aromatic rings. The Morgan fingerprint density at radius 1 is 0.561 bits per heavy atom. The van der Waals surface area contributed by atoms with Gasteiger partial charge in [0, 0.05) is 22.4 Å². The second-order valence-electron chi connectivity index (χ2n) is 16.3. The van der Waals surface area contributed by atoms with Crippen LogP contribution in [0.4, 0.5) is 26.3 Å². The van der Waals surface area contributed by atoms with Crippen LogP contribution in [-0.2, 0) is 42.3 Å². The van der Waals surface area contributed by atoms with E-state index in [9.17, 15) is 35.9 Å². The van der Waals surface area contributed by atoms with E-state index >= 15 is 0 Å². The molecule has 66 heavy (non-hydrogen) atoms. The number of alkyl halides is 7. The van der Waals surface area contributed by atoms with E-state index in [-0.39, 0.29) is 52.5 Å². The molecule has 0 aliphatic rings. The summed E-state index contributed by atoms with van der Waals surface area (Å²) in [6.45, 7) is 10.5. The molecule has 0 aliphatic heterocycles. The topological polar surface area (TPSA) is 99.1 Å². The molecule has 1 N–H and O–H groups in total. The lowest BCUT2D eigenvalue weighted by Crippen LogP contribution is -2.50. The molecule has 8 nitrogen and oxygen atoms in total. The van der Waals surface area contributed by atoms with Crippen LogP contribution in [0.2, 0.25) is 20.1 Å². The van der Waals surface area contributed by atoms with Gasteiger partial charge in [-0.25, -0.2) is 4.68 Å².